The molecule has 0 unspecified atom stereocenters. The van der Waals surface area contributed by atoms with Gasteiger partial charge < -0.3 is 20.4 Å². The summed E-state index contributed by atoms with van der Waals surface area (Å²) < 4.78 is 0. The highest BCUT2D eigenvalue weighted by Gasteiger charge is 2.52. The molecule has 2 N–H and O–H groups in total. The summed E-state index contributed by atoms with van der Waals surface area (Å²) in [4.78, 5) is 43.1. The molecule has 4 rings (SSSR count). The number of amides is 4. The molecule has 29 heavy (non-hydrogen) atoms. The number of likely N-dealkylation sites (N-methyl/N-ethyl adjacent to an activating group) is 1. The highest BCUT2D eigenvalue weighted by molar-refractivity contribution is 6.10. The van der Waals surface area contributed by atoms with Crippen LogP contribution in [-0.2, 0) is 9.59 Å². The second-order valence-corrected chi connectivity index (χ2v) is 8.45. The quantitative estimate of drug-likeness (QED) is 0.751. The van der Waals surface area contributed by atoms with Crippen molar-refractivity contribution < 1.29 is 14.4 Å². The minimum absolute atomic E-state index is 0.258. The minimum atomic E-state index is -0.780. The first kappa shape index (κ1) is 19.7. The summed E-state index contributed by atoms with van der Waals surface area (Å²) in [6.07, 6.45) is 3.15. The Balaban J connectivity index is 1.38. The minimum Gasteiger partial charge on any atom is -0.369 e. The number of anilines is 2. The fraction of sp³-hybridized carbons (Fsp3) is 0.571. The van der Waals surface area contributed by atoms with Gasteiger partial charge in [-0.15, -0.1) is 0 Å². The number of aryl methyl sites for hydroxylation is 1. The Kier molecular flexibility index (Phi) is 5.21. The maximum absolute atomic E-state index is 12.7. The number of urea groups is 1. The van der Waals surface area contributed by atoms with Crippen molar-refractivity contribution in [3.63, 3.8) is 0 Å². The van der Waals surface area contributed by atoms with Crippen LogP contribution in [0, 0.1) is 6.92 Å². The number of rotatable bonds is 4. The summed E-state index contributed by atoms with van der Waals surface area (Å²) in [7, 11) is 2.13. The summed E-state index contributed by atoms with van der Waals surface area (Å²) in [5.74, 6) is -0.632. The largest absolute Gasteiger partial charge is 0.369 e. The Labute approximate surface area is 171 Å². The molecule has 0 atom stereocenters. The smallest absolute Gasteiger partial charge is 0.325 e. The van der Waals surface area contributed by atoms with Gasteiger partial charge in [-0.25, -0.2) is 4.79 Å². The topological polar surface area (TPSA) is 85.0 Å². The summed E-state index contributed by atoms with van der Waals surface area (Å²) >= 11 is 0. The molecule has 4 amide bonds. The molecule has 8 nitrogen and oxygen atoms in total. The Hall–Kier alpha value is -2.61. The molecule has 3 fully saturated rings. The van der Waals surface area contributed by atoms with Gasteiger partial charge in [-0.3, -0.25) is 14.5 Å². The molecule has 1 saturated carbocycles. The van der Waals surface area contributed by atoms with Gasteiger partial charge in [0.1, 0.15) is 12.1 Å². The zero-order valence-corrected chi connectivity index (χ0v) is 17.2. The van der Waals surface area contributed by atoms with Crippen LogP contribution < -0.4 is 15.5 Å². The van der Waals surface area contributed by atoms with E-state index in [1.807, 2.05) is 25.1 Å². The van der Waals surface area contributed by atoms with Crippen molar-refractivity contribution >= 4 is 29.2 Å². The van der Waals surface area contributed by atoms with Crippen molar-refractivity contribution in [1.29, 1.82) is 0 Å². The molecule has 0 radical (unpaired) electrons. The summed E-state index contributed by atoms with van der Waals surface area (Å²) in [5, 5.41) is 5.63. The van der Waals surface area contributed by atoms with Gasteiger partial charge in [0, 0.05) is 37.6 Å². The van der Waals surface area contributed by atoms with E-state index in [0.29, 0.717) is 18.5 Å². The van der Waals surface area contributed by atoms with E-state index in [9.17, 15) is 14.4 Å². The first-order valence-electron chi connectivity index (χ1n) is 10.4. The third-order valence-corrected chi connectivity index (χ3v) is 6.33. The van der Waals surface area contributed by atoms with E-state index >= 15 is 0 Å². The predicted octanol–water partition coefficient (Wildman–Crippen LogP) is 1.55. The van der Waals surface area contributed by atoms with E-state index < -0.39 is 11.6 Å². The molecular formula is C21H29N5O3. The van der Waals surface area contributed by atoms with Gasteiger partial charge in [0.25, 0.3) is 5.91 Å². The second kappa shape index (κ2) is 7.67. The Morgan fingerprint density at radius 3 is 2.48 bits per heavy atom. The number of carbonyl (C=O) groups excluding carboxylic acids is 3. The summed E-state index contributed by atoms with van der Waals surface area (Å²) in [6, 6.07) is 5.38. The van der Waals surface area contributed by atoms with Crippen LogP contribution in [0.25, 0.3) is 0 Å². The van der Waals surface area contributed by atoms with Crippen LogP contribution in [0.15, 0.2) is 18.2 Å². The lowest BCUT2D eigenvalue weighted by Crippen LogP contribution is -2.45. The van der Waals surface area contributed by atoms with Gasteiger partial charge in [0.2, 0.25) is 5.91 Å². The van der Waals surface area contributed by atoms with E-state index in [2.05, 4.69) is 27.5 Å². The average Bonchev–Trinajstić information content (AvgIpc) is 3.24. The Morgan fingerprint density at radius 1 is 1.14 bits per heavy atom. The van der Waals surface area contributed by atoms with Crippen LogP contribution in [0.3, 0.4) is 0 Å². The molecule has 3 aliphatic rings. The second-order valence-electron chi connectivity index (χ2n) is 8.45. The highest BCUT2D eigenvalue weighted by Crippen LogP contribution is 2.35. The standard InChI is InChI=1S/C21H29N5O3/c1-15-13-16(5-6-17(15)25-11-9-24(2)10-12-25)22-18(27)14-26-19(28)21(23-20(26)29)7-3-4-8-21/h5-6,13H,3-4,7-12,14H2,1-2H3,(H,22,27)(H,23,29). The first-order chi connectivity index (χ1) is 13.9. The van der Waals surface area contributed by atoms with Crippen LogP contribution in [0.4, 0.5) is 16.2 Å². The molecule has 156 valence electrons. The van der Waals surface area contributed by atoms with Crippen LogP contribution >= 0.6 is 0 Å². The number of imide groups is 1. The zero-order valence-electron chi connectivity index (χ0n) is 17.2. The van der Waals surface area contributed by atoms with E-state index in [1.165, 1.54) is 5.69 Å². The Bertz CT molecular complexity index is 826. The normalized spacial score (nSPS) is 21.7. The van der Waals surface area contributed by atoms with Gasteiger partial charge in [0.15, 0.2) is 0 Å². The van der Waals surface area contributed by atoms with Gasteiger partial charge in [-0.1, -0.05) is 12.8 Å². The lowest BCUT2D eigenvalue weighted by Gasteiger charge is -2.35. The number of piperazine rings is 1. The van der Waals surface area contributed by atoms with Crippen LogP contribution in [0.2, 0.25) is 0 Å². The van der Waals surface area contributed by atoms with E-state index in [1.54, 1.807) is 0 Å². The molecule has 2 saturated heterocycles. The van der Waals surface area contributed by atoms with Crippen molar-refractivity contribution in [2.75, 3.05) is 50.0 Å². The highest BCUT2D eigenvalue weighted by atomic mass is 16.2. The van der Waals surface area contributed by atoms with Gasteiger partial charge in [-0.05, 0) is 50.6 Å². The van der Waals surface area contributed by atoms with E-state index in [-0.39, 0.29) is 18.4 Å². The molecule has 0 aromatic heterocycles. The molecule has 8 heteroatoms. The van der Waals surface area contributed by atoms with Gasteiger partial charge in [0.05, 0.1) is 0 Å². The maximum Gasteiger partial charge on any atom is 0.325 e. The number of carbonyl (C=O) groups is 3. The Morgan fingerprint density at radius 2 is 1.83 bits per heavy atom. The van der Waals surface area contributed by atoms with Crippen molar-refractivity contribution in [3.05, 3.63) is 23.8 Å². The average molecular weight is 399 g/mol. The molecule has 1 spiro atoms. The van der Waals surface area contributed by atoms with Crippen molar-refractivity contribution in [2.45, 2.75) is 38.1 Å². The molecular weight excluding hydrogens is 370 g/mol. The third-order valence-electron chi connectivity index (χ3n) is 6.33. The van der Waals surface area contributed by atoms with Gasteiger partial charge >= 0.3 is 6.03 Å². The van der Waals surface area contributed by atoms with E-state index in [0.717, 1.165) is 49.5 Å². The fourth-order valence-corrected chi connectivity index (χ4v) is 4.62. The van der Waals surface area contributed by atoms with Crippen molar-refractivity contribution in [2.24, 2.45) is 0 Å². The molecule has 2 heterocycles. The molecule has 2 aliphatic heterocycles. The lowest BCUT2D eigenvalue weighted by molar-refractivity contribution is -0.133. The summed E-state index contributed by atoms with van der Waals surface area (Å²) in [5.41, 5.74) is 2.16. The van der Waals surface area contributed by atoms with Crippen LogP contribution in [-0.4, -0.2) is 73.0 Å². The summed E-state index contributed by atoms with van der Waals surface area (Å²) in [6.45, 7) is 5.81. The molecule has 1 aromatic rings. The third kappa shape index (κ3) is 3.81. The van der Waals surface area contributed by atoms with Crippen LogP contribution in [0.5, 0.6) is 0 Å². The van der Waals surface area contributed by atoms with Crippen molar-refractivity contribution in [3.8, 4) is 0 Å². The maximum atomic E-state index is 12.7. The number of nitrogens with one attached hydrogen (secondary N) is 2. The molecule has 0 bridgehead atoms. The first-order valence-corrected chi connectivity index (χ1v) is 10.4. The number of hydrogen-bond donors (Lipinski definition) is 2. The lowest BCUT2D eigenvalue weighted by atomic mass is 9.98. The van der Waals surface area contributed by atoms with Crippen LogP contribution in [0.1, 0.15) is 31.2 Å². The van der Waals surface area contributed by atoms with Crippen molar-refractivity contribution in [1.82, 2.24) is 15.1 Å². The SMILES string of the molecule is Cc1cc(NC(=O)CN2C(=O)NC3(CCCC3)C2=O)ccc1N1CCN(C)CC1. The fourth-order valence-electron chi connectivity index (χ4n) is 4.62. The van der Waals surface area contributed by atoms with E-state index in [4.69, 9.17) is 0 Å². The zero-order chi connectivity index (χ0) is 20.6. The monoisotopic (exact) mass is 399 g/mol. The number of nitrogens with zero attached hydrogens (tertiary/aromatic N) is 3. The number of benzene rings is 1. The number of hydrogen-bond acceptors (Lipinski definition) is 5. The van der Waals surface area contributed by atoms with Gasteiger partial charge in [-0.2, -0.15) is 0 Å². The molecule has 1 aliphatic carbocycles. The molecule has 1 aromatic carbocycles. The predicted molar refractivity (Wildman–Crippen MR) is 111 cm³/mol.